The summed E-state index contributed by atoms with van der Waals surface area (Å²) in [4.78, 5) is 29.4. The maximum atomic E-state index is 13.3. The number of non-ortho nitro benzene ring substituents is 1. The first-order chi connectivity index (χ1) is 13.7. The number of aromatic nitrogens is 2. The van der Waals surface area contributed by atoms with Gasteiger partial charge in [0.15, 0.2) is 11.4 Å². The van der Waals surface area contributed by atoms with Gasteiger partial charge in [0, 0.05) is 28.2 Å². The lowest BCUT2D eigenvalue weighted by molar-refractivity contribution is -0.384. The number of nitro benzene ring substituents is 1. The minimum atomic E-state index is -4.69. The van der Waals surface area contributed by atoms with Crippen molar-refractivity contribution < 1.29 is 22.9 Å². The van der Waals surface area contributed by atoms with E-state index in [0.717, 1.165) is 35.5 Å². The van der Waals surface area contributed by atoms with Crippen LogP contribution in [0, 0.1) is 17.0 Å². The summed E-state index contributed by atoms with van der Waals surface area (Å²) in [5, 5.41) is 10.6. The van der Waals surface area contributed by atoms with Gasteiger partial charge in [-0.25, -0.2) is 9.97 Å². The molecule has 0 aliphatic carbocycles. The van der Waals surface area contributed by atoms with Gasteiger partial charge in [-0.1, -0.05) is 29.8 Å². The number of carbonyl (C=O) groups is 1. The van der Waals surface area contributed by atoms with Crippen molar-refractivity contribution in [3.63, 3.8) is 0 Å². The Hall–Kier alpha value is -3.27. The van der Waals surface area contributed by atoms with E-state index in [0.29, 0.717) is 11.8 Å². The number of hydrogen-bond acceptors (Lipinski definition) is 6. The van der Waals surface area contributed by atoms with Crippen molar-refractivity contribution in [2.75, 3.05) is 0 Å². The maximum absolute atomic E-state index is 13.3. The smallest absolute Gasteiger partial charge is 0.298 e. The molecule has 6 nitrogen and oxygen atoms in total. The van der Waals surface area contributed by atoms with Crippen molar-refractivity contribution in [2.24, 2.45) is 0 Å². The lowest BCUT2D eigenvalue weighted by atomic mass is 10.1. The predicted molar refractivity (Wildman–Crippen MR) is 99.8 cm³/mol. The largest absolute Gasteiger partial charge is 0.433 e. The molecule has 0 saturated carbocycles. The van der Waals surface area contributed by atoms with E-state index in [1.807, 2.05) is 6.92 Å². The summed E-state index contributed by atoms with van der Waals surface area (Å²) in [6.07, 6.45) is -4.30. The average molecular weight is 419 g/mol. The molecular formula is C19H12F3N3O3S. The van der Waals surface area contributed by atoms with Gasteiger partial charge in [0.2, 0.25) is 0 Å². The first-order valence-electron chi connectivity index (χ1n) is 8.12. The first-order valence-corrected chi connectivity index (χ1v) is 8.94. The molecular weight excluding hydrogens is 407 g/mol. The fourth-order valence-corrected chi connectivity index (χ4v) is 3.27. The molecule has 0 amide bonds. The lowest BCUT2D eigenvalue weighted by Crippen LogP contribution is -2.10. The Kier molecular flexibility index (Phi) is 5.64. The van der Waals surface area contributed by atoms with Crippen LogP contribution in [0.1, 0.15) is 21.6 Å². The molecule has 0 bridgehead atoms. The number of carbonyl (C=O) groups excluding carboxylic acids is 1. The normalized spacial score (nSPS) is 11.3. The van der Waals surface area contributed by atoms with Crippen LogP contribution >= 0.6 is 11.8 Å². The van der Waals surface area contributed by atoms with Crippen molar-refractivity contribution in [1.82, 2.24) is 9.97 Å². The predicted octanol–water partition coefficient (Wildman–Crippen LogP) is 5.34. The Morgan fingerprint density at radius 3 is 2.34 bits per heavy atom. The molecule has 0 radical (unpaired) electrons. The Bertz CT molecular complexity index is 1090. The Labute approximate surface area is 167 Å². The van der Waals surface area contributed by atoms with E-state index in [9.17, 15) is 28.1 Å². The van der Waals surface area contributed by atoms with Gasteiger partial charge in [-0.05, 0) is 30.8 Å². The molecule has 0 saturated heterocycles. The summed E-state index contributed by atoms with van der Waals surface area (Å²) in [7, 11) is 0. The highest BCUT2D eigenvalue weighted by Gasteiger charge is 2.34. The molecule has 3 aromatic rings. The number of aryl methyl sites for hydroxylation is 1. The van der Waals surface area contributed by atoms with Crippen molar-refractivity contribution in [3.05, 3.63) is 75.5 Å². The summed E-state index contributed by atoms with van der Waals surface area (Å²) in [6, 6.07) is 11.1. The SMILES string of the molecule is Cc1ccc(-c2cc(C(F)(F)F)nc(Sc3ccc([N+](=O)[O-])cc3C=O)n2)cc1. The van der Waals surface area contributed by atoms with Crippen molar-refractivity contribution in [1.29, 1.82) is 0 Å². The second-order valence-corrected chi connectivity index (χ2v) is 6.99. The number of benzene rings is 2. The molecule has 0 atom stereocenters. The maximum Gasteiger partial charge on any atom is 0.433 e. The van der Waals surface area contributed by atoms with E-state index < -0.39 is 16.8 Å². The van der Waals surface area contributed by atoms with Crippen molar-refractivity contribution >= 4 is 23.7 Å². The Morgan fingerprint density at radius 1 is 1.07 bits per heavy atom. The second kappa shape index (κ2) is 8.00. The summed E-state index contributed by atoms with van der Waals surface area (Å²) in [6.45, 7) is 1.85. The van der Waals surface area contributed by atoms with E-state index in [1.165, 1.54) is 6.07 Å². The third-order valence-electron chi connectivity index (χ3n) is 3.88. The molecule has 3 rings (SSSR count). The minimum Gasteiger partial charge on any atom is -0.298 e. The van der Waals surface area contributed by atoms with Crippen LogP contribution in [0.3, 0.4) is 0 Å². The van der Waals surface area contributed by atoms with E-state index in [1.54, 1.807) is 24.3 Å². The highest BCUT2D eigenvalue weighted by molar-refractivity contribution is 7.99. The number of halogens is 3. The van der Waals surface area contributed by atoms with E-state index in [4.69, 9.17) is 0 Å². The number of hydrogen-bond donors (Lipinski definition) is 0. The third kappa shape index (κ3) is 4.77. The van der Waals surface area contributed by atoms with Crippen molar-refractivity contribution in [2.45, 2.75) is 23.2 Å². The van der Waals surface area contributed by atoms with Crippen LogP contribution in [-0.2, 0) is 6.18 Å². The van der Waals surface area contributed by atoms with Crippen LogP contribution < -0.4 is 0 Å². The summed E-state index contributed by atoms with van der Waals surface area (Å²) >= 11 is 0.725. The molecule has 0 aliphatic rings. The Morgan fingerprint density at radius 2 is 1.76 bits per heavy atom. The summed E-state index contributed by atoms with van der Waals surface area (Å²) in [5.74, 6) is 0. The Balaban J connectivity index is 2.07. The quantitative estimate of drug-likeness (QED) is 0.240. The lowest BCUT2D eigenvalue weighted by Gasteiger charge is -2.11. The third-order valence-corrected chi connectivity index (χ3v) is 4.83. The van der Waals surface area contributed by atoms with E-state index in [-0.39, 0.29) is 27.0 Å². The van der Waals surface area contributed by atoms with Gasteiger partial charge in [-0.3, -0.25) is 14.9 Å². The minimum absolute atomic E-state index is 0.0397. The molecule has 0 aliphatic heterocycles. The zero-order valence-electron chi connectivity index (χ0n) is 14.8. The van der Waals surface area contributed by atoms with Gasteiger partial charge >= 0.3 is 6.18 Å². The molecule has 29 heavy (non-hydrogen) atoms. The zero-order chi connectivity index (χ0) is 21.2. The van der Waals surface area contributed by atoms with Crippen LogP contribution in [0.25, 0.3) is 11.3 Å². The topological polar surface area (TPSA) is 86.0 Å². The van der Waals surface area contributed by atoms with Gasteiger partial charge < -0.3 is 0 Å². The fraction of sp³-hybridized carbons (Fsp3) is 0.105. The van der Waals surface area contributed by atoms with Crippen LogP contribution in [-0.4, -0.2) is 21.2 Å². The molecule has 0 unspecified atom stereocenters. The number of nitro groups is 1. The van der Waals surface area contributed by atoms with Gasteiger partial charge in [0.1, 0.15) is 5.69 Å². The standard InChI is InChI=1S/C19H12F3N3O3S/c1-11-2-4-12(5-3-11)15-9-17(19(20,21)22)24-18(23-15)29-16-7-6-14(25(27)28)8-13(16)10-26/h2-10H,1H3. The first kappa shape index (κ1) is 20.5. The van der Waals surface area contributed by atoms with Crippen LogP contribution in [0.15, 0.2) is 58.6 Å². The fourth-order valence-electron chi connectivity index (χ4n) is 2.42. The van der Waals surface area contributed by atoms with Crippen LogP contribution in [0.2, 0.25) is 0 Å². The van der Waals surface area contributed by atoms with Gasteiger partial charge in [-0.2, -0.15) is 13.2 Å². The van der Waals surface area contributed by atoms with Gasteiger partial charge in [-0.15, -0.1) is 0 Å². The second-order valence-electron chi connectivity index (χ2n) is 5.98. The summed E-state index contributed by atoms with van der Waals surface area (Å²) < 4.78 is 40.0. The molecule has 0 fully saturated rings. The molecule has 0 spiro atoms. The average Bonchev–Trinajstić information content (AvgIpc) is 2.67. The van der Waals surface area contributed by atoms with Crippen LogP contribution in [0.5, 0.6) is 0 Å². The van der Waals surface area contributed by atoms with E-state index in [2.05, 4.69) is 9.97 Å². The molecule has 1 heterocycles. The monoisotopic (exact) mass is 419 g/mol. The summed E-state index contributed by atoms with van der Waals surface area (Å²) in [5.41, 5.74) is 0.0213. The van der Waals surface area contributed by atoms with Crippen LogP contribution in [0.4, 0.5) is 18.9 Å². The molecule has 148 valence electrons. The van der Waals surface area contributed by atoms with Gasteiger partial charge in [0.05, 0.1) is 10.6 Å². The number of nitrogens with zero attached hydrogens (tertiary/aromatic N) is 3. The van der Waals surface area contributed by atoms with Gasteiger partial charge in [0.25, 0.3) is 5.69 Å². The molecule has 10 heteroatoms. The molecule has 1 aromatic heterocycles. The molecule has 2 aromatic carbocycles. The number of rotatable bonds is 5. The molecule has 0 N–H and O–H groups in total. The van der Waals surface area contributed by atoms with Crippen molar-refractivity contribution in [3.8, 4) is 11.3 Å². The number of aldehydes is 1. The highest BCUT2D eigenvalue weighted by Crippen LogP contribution is 2.35. The number of alkyl halides is 3. The van der Waals surface area contributed by atoms with E-state index >= 15 is 0 Å². The highest BCUT2D eigenvalue weighted by atomic mass is 32.2. The zero-order valence-corrected chi connectivity index (χ0v) is 15.6.